The third-order valence-corrected chi connectivity index (χ3v) is 4.89. The van der Waals surface area contributed by atoms with Gasteiger partial charge in [0.2, 0.25) is 5.95 Å². The molecule has 0 atom stereocenters. The van der Waals surface area contributed by atoms with E-state index in [0.717, 1.165) is 16.6 Å². The molecule has 2 aromatic heterocycles. The quantitative estimate of drug-likeness (QED) is 0.246. The van der Waals surface area contributed by atoms with Crippen molar-refractivity contribution in [1.82, 2.24) is 9.55 Å². The maximum atomic E-state index is 10.8. The van der Waals surface area contributed by atoms with Crippen molar-refractivity contribution in [3.63, 3.8) is 0 Å². The molecule has 0 fully saturated rings. The topological polar surface area (TPSA) is 86.5 Å². The van der Waals surface area contributed by atoms with Gasteiger partial charge in [-0.2, -0.15) is 0 Å². The lowest BCUT2D eigenvalue weighted by atomic mass is 9.87. The van der Waals surface area contributed by atoms with Crippen molar-refractivity contribution in [3.05, 3.63) is 87.7 Å². The molecule has 0 saturated carbocycles. The number of nitro groups is 1. The summed E-state index contributed by atoms with van der Waals surface area (Å²) < 4.78 is 7.18. The van der Waals surface area contributed by atoms with E-state index in [0.29, 0.717) is 18.3 Å². The highest BCUT2D eigenvalue weighted by Gasteiger charge is 2.15. The number of benzene rings is 2. The summed E-state index contributed by atoms with van der Waals surface area (Å²) in [5.41, 5.74) is 4.31. The molecule has 0 amide bonds. The Balaban J connectivity index is 1.68. The van der Waals surface area contributed by atoms with Crippen LogP contribution in [0.2, 0.25) is 0 Å². The lowest BCUT2D eigenvalue weighted by Crippen LogP contribution is -2.11. The molecule has 152 valence electrons. The number of aromatic nitrogens is 2. The second-order valence-corrected chi connectivity index (χ2v) is 8.12. The molecule has 30 heavy (non-hydrogen) atoms. The minimum atomic E-state index is -0.576. The van der Waals surface area contributed by atoms with Crippen LogP contribution in [0, 0.1) is 10.1 Å². The molecule has 2 heterocycles. The minimum absolute atomic E-state index is 0.0985. The number of para-hydroxylation sites is 2. The lowest BCUT2D eigenvalue weighted by Gasteiger charge is -2.19. The Bertz CT molecular complexity index is 1230. The average molecular weight is 402 g/mol. The van der Waals surface area contributed by atoms with Crippen LogP contribution in [0.1, 0.15) is 37.7 Å². The number of fused-ring (bicyclic) bond motifs is 1. The van der Waals surface area contributed by atoms with Gasteiger partial charge in [0, 0.05) is 0 Å². The van der Waals surface area contributed by atoms with Crippen LogP contribution >= 0.6 is 0 Å². The molecule has 7 heteroatoms. The molecule has 0 aliphatic rings. The van der Waals surface area contributed by atoms with Crippen molar-refractivity contribution in [2.45, 2.75) is 32.7 Å². The van der Waals surface area contributed by atoms with Gasteiger partial charge in [0.25, 0.3) is 0 Å². The van der Waals surface area contributed by atoms with Gasteiger partial charge in [0.15, 0.2) is 5.76 Å². The largest absolute Gasteiger partial charge is 0.433 e. The predicted octanol–water partition coefficient (Wildman–Crippen LogP) is 5.63. The maximum Gasteiger partial charge on any atom is 0.433 e. The normalized spacial score (nSPS) is 12.1. The van der Waals surface area contributed by atoms with Gasteiger partial charge in [-0.05, 0) is 34.7 Å². The molecular weight excluding hydrogens is 380 g/mol. The van der Waals surface area contributed by atoms with E-state index in [-0.39, 0.29) is 11.3 Å². The molecule has 4 rings (SSSR count). The van der Waals surface area contributed by atoms with Crippen LogP contribution in [0.5, 0.6) is 0 Å². The number of imidazole rings is 1. The van der Waals surface area contributed by atoms with Crippen molar-refractivity contribution in [1.29, 1.82) is 0 Å². The van der Waals surface area contributed by atoms with Crippen molar-refractivity contribution in [2.75, 3.05) is 0 Å². The van der Waals surface area contributed by atoms with E-state index in [2.05, 4.69) is 55.0 Å². The van der Waals surface area contributed by atoms with Crippen LogP contribution in [0.15, 0.2) is 70.1 Å². The van der Waals surface area contributed by atoms with Crippen molar-refractivity contribution in [3.8, 4) is 0 Å². The van der Waals surface area contributed by atoms with E-state index in [4.69, 9.17) is 4.42 Å². The van der Waals surface area contributed by atoms with Crippen molar-refractivity contribution < 1.29 is 9.34 Å². The van der Waals surface area contributed by atoms with Gasteiger partial charge in [0.1, 0.15) is 4.92 Å². The zero-order valence-corrected chi connectivity index (χ0v) is 17.1. The van der Waals surface area contributed by atoms with E-state index >= 15 is 0 Å². The molecule has 0 aliphatic carbocycles. The number of furan rings is 1. The van der Waals surface area contributed by atoms with Crippen LogP contribution in [0.4, 0.5) is 11.8 Å². The first kappa shape index (κ1) is 19.6. The summed E-state index contributed by atoms with van der Waals surface area (Å²) in [6, 6.07) is 19.2. The number of aliphatic imine (C=N–C) groups is 1. The number of nitrogens with zero attached hydrogens (tertiary/aromatic N) is 4. The van der Waals surface area contributed by atoms with E-state index in [1.54, 1.807) is 0 Å². The Morgan fingerprint density at radius 3 is 2.50 bits per heavy atom. The zero-order chi connectivity index (χ0) is 21.3. The van der Waals surface area contributed by atoms with E-state index < -0.39 is 4.92 Å². The van der Waals surface area contributed by atoms with Crippen LogP contribution in [-0.4, -0.2) is 20.7 Å². The zero-order valence-electron chi connectivity index (χ0n) is 17.1. The molecule has 0 spiro atoms. The number of rotatable bonds is 5. The van der Waals surface area contributed by atoms with Crippen LogP contribution < -0.4 is 0 Å². The summed E-state index contributed by atoms with van der Waals surface area (Å²) >= 11 is 0. The molecule has 7 nitrogen and oxygen atoms in total. The Labute approximate surface area is 173 Å². The fourth-order valence-electron chi connectivity index (χ4n) is 3.24. The van der Waals surface area contributed by atoms with Gasteiger partial charge in [-0.15, -0.1) is 0 Å². The Kier molecular flexibility index (Phi) is 4.95. The second kappa shape index (κ2) is 7.59. The highest BCUT2D eigenvalue weighted by Crippen LogP contribution is 2.26. The molecule has 0 N–H and O–H groups in total. The van der Waals surface area contributed by atoms with E-state index in [9.17, 15) is 10.1 Å². The van der Waals surface area contributed by atoms with Gasteiger partial charge in [-0.1, -0.05) is 57.2 Å². The SMILES string of the molecule is CC(C)(C)c1ccc(Cn2c(N=Cc3ccc([N+](=O)[O-])o3)nc3ccccc32)cc1. The standard InChI is InChI=1S/C23H22N4O3/c1-23(2,3)17-10-8-16(9-11-17)15-26-20-7-5-4-6-19(20)25-22(26)24-14-18-12-13-21(30-18)27(28)29/h4-14H,15H2,1-3H3. The molecule has 4 aromatic rings. The summed E-state index contributed by atoms with van der Waals surface area (Å²) in [7, 11) is 0. The third-order valence-electron chi connectivity index (χ3n) is 4.89. The predicted molar refractivity (Wildman–Crippen MR) is 117 cm³/mol. The van der Waals surface area contributed by atoms with Gasteiger partial charge in [-0.25, -0.2) is 9.98 Å². The Hall–Kier alpha value is -3.74. The number of hydrogen-bond acceptors (Lipinski definition) is 5. The van der Waals surface area contributed by atoms with Crippen molar-refractivity contribution in [2.24, 2.45) is 4.99 Å². The summed E-state index contributed by atoms with van der Waals surface area (Å²) in [5, 5.41) is 10.8. The van der Waals surface area contributed by atoms with Crippen molar-refractivity contribution >= 4 is 29.1 Å². The Morgan fingerprint density at radius 1 is 1.10 bits per heavy atom. The molecule has 0 unspecified atom stereocenters. The molecule has 0 radical (unpaired) electrons. The lowest BCUT2D eigenvalue weighted by molar-refractivity contribution is -0.402. The van der Waals surface area contributed by atoms with Crippen LogP contribution in [-0.2, 0) is 12.0 Å². The van der Waals surface area contributed by atoms with Gasteiger partial charge < -0.3 is 8.98 Å². The van der Waals surface area contributed by atoms with Gasteiger partial charge in [0.05, 0.1) is 29.9 Å². The first-order valence-electron chi connectivity index (χ1n) is 9.64. The van der Waals surface area contributed by atoms with Gasteiger partial charge >= 0.3 is 5.88 Å². The van der Waals surface area contributed by atoms with Gasteiger partial charge in [-0.3, -0.25) is 10.1 Å². The van der Waals surface area contributed by atoms with E-state index in [1.807, 2.05) is 28.8 Å². The average Bonchev–Trinajstić information content (AvgIpc) is 3.31. The summed E-state index contributed by atoms with van der Waals surface area (Å²) in [6.45, 7) is 7.18. The maximum absolute atomic E-state index is 10.8. The molecule has 0 aliphatic heterocycles. The fourth-order valence-corrected chi connectivity index (χ4v) is 3.24. The minimum Gasteiger partial charge on any atom is -0.400 e. The molecule has 0 bridgehead atoms. The third kappa shape index (κ3) is 4.00. The second-order valence-electron chi connectivity index (χ2n) is 8.12. The van der Waals surface area contributed by atoms with Crippen LogP contribution in [0.25, 0.3) is 11.0 Å². The first-order chi connectivity index (χ1) is 14.3. The summed E-state index contributed by atoms with van der Waals surface area (Å²) in [4.78, 5) is 19.3. The number of hydrogen-bond donors (Lipinski definition) is 0. The molecular formula is C23H22N4O3. The van der Waals surface area contributed by atoms with E-state index in [1.165, 1.54) is 23.9 Å². The monoisotopic (exact) mass is 402 g/mol. The summed E-state index contributed by atoms with van der Waals surface area (Å²) in [6.07, 6.45) is 1.45. The summed E-state index contributed by atoms with van der Waals surface area (Å²) in [5.74, 6) is 0.494. The fraction of sp³-hybridized carbons (Fsp3) is 0.217. The Morgan fingerprint density at radius 2 is 1.83 bits per heavy atom. The highest BCUT2D eigenvalue weighted by atomic mass is 16.6. The highest BCUT2D eigenvalue weighted by molar-refractivity contribution is 5.82. The first-order valence-corrected chi connectivity index (χ1v) is 9.64. The molecule has 2 aromatic carbocycles. The molecule has 0 saturated heterocycles. The smallest absolute Gasteiger partial charge is 0.400 e. The van der Waals surface area contributed by atoms with Crippen LogP contribution in [0.3, 0.4) is 0 Å².